The van der Waals surface area contributed by atoms with Crippen molar-refractivity contribution < 1.29 is 5.11 Å². The molecule has 1 N–H and O–H groups in total. The highest BCUT2D eigenvalue weighted by atomic mass is 32.1. The molecule has 0 unspecified atom stereocenters. The third-order valence-electron chi connectivity index (χ3n) is 2.34. The Labute approximate surface area is 97.4 Å². The number of rotatable bonds is 0. The summed E-state index contributed by atoms with van der Waals surface area (Å²) in [7, 11) is 1.00. The summed E-state index contributed by atoms with van der Waals surface area (Å²) in [5.74, 6) is 0. The van der Waals surface area contributed by atoms with E-state index in [4.69, 9.17) is 5.11 Å². The summed E-state index contributed by atoms with van der Waals surface area (Å²) >= 11 is 1.76. The van der Waals surface area contributed by atoms with Crippen LogP contribution in [0.1, 0.15) is 5.69 Å². The third-order valence-corrected chi connectivity index (χ3v) is 3.60. The van der Waals surface area contributed by atoms with Gasteiger partial charge in [0.25, 0.3) is 0 Å². The molecule has 82 valence electrons. The lowest BCUT2D eigenvalue weighted by atomic mass is 10.2. The van der Waals surface area contributed by atoms with E-state index >= 15 is 0 Å². The van der Waals surface area contributed by atoms with E-state index in [1.165, 1.54) is 14.8 Å². The van der Waals surface area contributed by atoms with Crippen LogP contribution >= 0.6 is 11.3 Å². The molecule has 0 atom stereocenters. The number of aryl methyl sites for hydroxylation is 1. The lowest BCUT2D eigenvalue weighted by Crippen LogP contribution is -1.81. The van der Waals surface area contributed by atoms with Gasteiger partial charge in [-0.3, -0.25) is 0 Å². The van der Waals surface area contributed by atoms with Gasteiger partial charge >= 0.3 is 0 Å². The van der Waals surface area contributed by atoms with Gasteiger partial charge in [-0.25, -0.2) is 9.97 Å². The van der Waals surface area contributed by atoms with Gasteiger partial charge in [-0.15, -0.1) is 11.3 Å². The SMILES string of the molecule is CO.Cc1ncnc2c1sc1ccccc12. The zero-order valence-electron chi connectivity index (χ0n) is 9.14. The van der Waals surface area contributed by atoms with Gasteiger partial charge in [0, 0.05) is 17.2 Å². The Bertz CT molecular complexity index is 619. The fourth-order valence-electron chi connectivity index (χ4n) is 1.64. The van der Waals surface area contributed by atoms with Crippen molar-refractivity contribution in [2.45, 2.75) is 6.92 Å². The third kappa shape index (κ3) is 1.66. The molecule has 0 aliphatic rings. The van der Waals surface area contributed by atoms with Crippen molar-refractivity contribution in [1.82, 2.24) is 9.97 Å². The predicted octanol–water partition coefficient (Wildman–Crippen LogP) is 2.76. The quantitative estimate of drug-likeness (QED) is 0.648. The first kappa shape index (κ1) is 11.0. The molecule has 2 heterocycles. The van der Waals surface area contributed by atoms with Gasteiger partial charge in [0.1, 0.15) is 6.33 Å². The van der Waals surface area contributed by atoms with Crippen LogP contribution < -0.4 is 0 Å². The number of benzene rings is 1. The monoisotopic (exact) mass is 232 g/mol. The van der Waals surface area contributed by atoms with E-state index in [0.29, 0.717) is 0 Å². The molecule has 3 nitrogen and oxygen atoms in total. The lowest BCUT2D eigenvalue weighted by Gasteiger charge is -1.91. The van der Waals surface area contributed by atoms with Crippen molar-refractivity contribution >= 4 is 31.6 Å². The Morgan fingerprint density at radius 2 is 1.88 bits per heavy atom. The predicted molar refractivity (Wildman–Crippen MR) is 67.8 cm³/mol. The van der Waals surface area contributed by atoms with Crippen molar-refractivity contribution in [3.05, 3.63) is 36.3 Å². The maximum atomic E-state index is 7.00. The summed E-state index contributed by atoms with van der Waals surface area (Å²) in [5, 5.41) is 8.23. The molecule has 0 saturated carbocycles. The molecule has 0 radical (unpaired) electrons. The summed E-state index contributed by atoms with van der Waals surface area (Å²) in [6.07, 6.45) is 1.64. The Morgan fingerprint density at radius 1 is 1.12 bits per heavy atom. The first-order valence-corrected chi connectivity index (χ1v) is 5.71. The summed E-state index contributed by atoms with van der Waals surface area (Å²) in [6.45, 7) is 2.03. The summed E-state index contributed by atoms with van der Waals surface area (Å²) in [6, 6.07) is 8.34. The minimum absolute atomic E-state index is 1.00. The van der Waals surface area contributed by atoms with Crippen molar-refractivity contribution in [1.29, 1.82) is 0 Å². The van der Waals surface area contributed by atoms with Gasteiger partial charge in [-0.05, 0) is 13.0 Å². The van der Waals surface area contributed by atoms with E-state index in [1.807, 2.05) is 13.0 Å². The van der Waals surface area contributed by atoms with Crippen LogP contribution in [-0.4, -0.2) is 22.2 Å². The molecule has 3 aromatic rings. The zero-order chi connectivity index (χ0) is 11.5. The van der Waals surface area contributed by atoms with Crippen LogP contribution in [0.4, 0.5) is 0 Å². The molecule has 3 rings (SSSR count). The van der Waals surface area contributed by atoms with Gasteiger partial charge < -0.3 is 5.11 Å². The van der Waals surface area contributed by atoms with Gasteiger partial charge in [-0.2, -0.15) is 0 Å². The van der Waals surface area contributed by atoms with Crippen molar-refractivity contribution in [2.24, 2.45) is 0 Å². The second-order valence-electron chi connectivity index (χ2n) is 3.24. The highest BCUT2D eigenvalue weighted by molar-refractivity contribution is 7.25. The lowest BCUT2D eigenvalue weighted by molar-refractivity contribution is 0.399. The molecule has 2 aromatic heterocycles. The van der Waals surface area contributed by atoms with E-state index in [-0.39, 0.29) is 0 Å². The topological polar surface area (TPSA) is 46.0 Å². The molecule has 0 spiro atoms. The molecular weight excluding hydrogens is 220 g/mol. The van der Waals surface area contributed by atoms with E-state index in [1.54, 1.807) is 17.7 Å². The smallest absolute Gasteiger partial charge is 0.116 e. The van der Waals surface area contributed by atoms with E-state index in [9.17, 15) is 0 Å². The Balaban J connectivity index is 0.000000457. The molecular formula is C12H12N2OS. The number of fused-ring (bicyclic) bond motifs is 3. The normalized spacial score (nSPS) is 10.2. The fraction of sp³-hybridized carbons (Fsp3) is 0.167. The number of nitrogens with zero attached hydrogens (tertiary/aromatic N) is 2. The zero-order valence-corrected chi connectivity index (χ0v) is 9.95. The molecule has 0 aliphatic heterocycles. The van der Waals surface area contributed by atoms with Crippen LogP contribution in [0, 0.1) is 6.92 Å². The van der Waals surface area contributed by atoms with Crippen molar-refractivity contribution in [3.8, 4) is 0 Å². The largest absolute Gasteiger partial charge is 0.400 e. The molecule has 1 aromatic carbocycles. The standard InChI is InChI=1S/C11H8N2S.CH4O/c1-7-11-10(13-6-12-7)8-4-2-3-5-9(8)14-11;1-2/h2-6H,1H3;2H,1H3. The Morgan fingerprint density at radius 3 is 2.69 bits per heavy atom. The van der Waals surface area contributed by atoms with Crippen LogP contribution in [0.25, 0.3) is 20.3 Å². The van der Waals surface area contributed by atoms with Crippen LogP contribution in [0.5, 0.6) is 0 Å². The Kier molecular flexibility index (Phi) is 3.12. The molecule has 0 fully saturated rings. The highest BCUT2D eigenvalue weighted by Gasteiger charge is 2.07. The van der Waals surface area contributed by atoms with Gasteiger partial charge in [0.2, 0.25) is 0 Å². The van der Waals surface area contributed by atoms with Gasteiger partial charge in [0.15, 0.2) is 0 Å². The van der Waals surface area contributed by atoms with E-state index in [0.717, 1.165) is 18.3 Å². The average Bonchev–Trinajstić information content (AvgIpc) is 2.72. The van der Waals surface area contributed by atoms with Crippen LogP contribution in [-0.2, 0) is 0 Å². The number of hydrogen-bond donors (Lipinski definition) is 1. The molecule has 0 bridgehead atoms. The minimum atomic E-state index is 1.00. The van der Waals surface area contributed by atoms with E-state index < -0.39 is 0 Å². The Hall–Kier alpha value is -1.52. The van der Waals surface area contributed by atoms with Crippen molar-refractivity contribution in [2.75, 3.05) is 7.11 Å². The number of aromatic nitrogens is 2. The maximum Gasteiger partial charge on any atom is 0.116 e. The molecule has 0 saturated heterocycles. The number of aliphatic hydroxyl groups excluding tert-OH is 1. The summed E-state index contributed by atoms with van der Waals surface area (Å²) < 4.78 is 2.49. The first-order chi connectivity index (χ1) is 7.86. The number of thiophene rings is 1. The fourth-order valence-corrected chi connectivity index (χ4v) is 2.74. The highest BCUT2D eigenvalue weighted by Crippen LogP contribution is 2.32. The van der Waals surface area contributed by atoms with Crippen molar-refractivity contribution in [3.63, 3.8) is 0 Å². The minimum Gasteiger partial charge on any atom is -0.400 e. The average molecular weight is 232 g/mol. The second-order valence-corrected chi connectivity index (χ2v) is 4.29. The first-order valence-electron chi connectivity index (χ1n) is 4.90. The summed E-state index contributed by atoms with van der Waals surface area (Å²) in [4.78, 5) is 8.53. The molecule has 4 heteroatoms. The van der Waals surface area contributed by atoms with Gasteiger partial charge in [0.05, 0.1) is 15.9 Å². The summed E-state index contributed by atoms with van der Waals surface area (Å²) in [5.41, 5.74) is 2.15. The molecule has 16 heavy (non-hydrogen) atoms. The van der Waals surface area contributed by atoms with E-state index in [2.05, 4.69) is 28.2 Å². The molecule has 0 amide bonds. The number of aliphatic hydroxyl groups is 1. The van der Waals surface area contributed by atoms with Crippen LogP contribution in [0.15, 0.2) is 30.6 Å². The van der Waals surface area contributed by atoms with Gasteiger partial charge in [-0.1, -0.05) is 18.2 Å². The second kappa shape index (κ2) is 4.55. The maximum absolute atomic E-state index is 7.00. The van der Waals surface area contributed by atoms with Crippen LogP contribution in [0.3, 0.4) is 0 Å². The van der Waals surface area contributed by atoms with Crippen LogP contribution in [0.2, 0.25) is 0 Å². The molecule has 0 aliphatic carbocycles. The number of hydrogen-bond acceptors (Lipinski definition) is 4.